The summed E-state index contributed by atoms with van der Waals surface area (Å²) in [4.78, 5) is 23.5. The van der Waals surface area contributed by atoms with Crippen LogP contribution in [0.3, 0.4) is 0 Å². The molecule has 0 unspecified atom stereocenters. The molecule has 1 aromatic carbocycles. The molecule has 0 aliphatic carbocycles. The number of esters is 1. The maximum absolute atomic E-state index is 11.9. The Morgan fingerprint density at radius 3 is 2.64 bits per heavy atom. The summed E-state index contributed by atoms with van der Waals surface area (Å²) in [6.45, 7) is 4.71. The molecule has 0 saturated carbocycles. The highest BCUT2D eigenvalue weighted by molar-refractivity contribution is 5.78. The predicted molar refractivity (Wildman–Crippen MR) is 79.7 cm³/mol. The number of carbonyl (C=O) groups excluding carboxylic acids is 1. The van der Waals surface area contributed by atoms with Gasteiger partial charge in [-0.2, -0.15) is 0 Å². The zero-order valence-electron chi connectivity index (χ0n) is 12.7. The maximum Gasteiger partial charge on any atom is 0.344 e. The van der Waals surface area contributed by atoms with Crippen molar-refractivity contribution in [2.75, 3.05) is 6.61 Å². The maximum atomic E-state index is 11.9. The number of hydrogen-bond donors (Lipinski definition) is 1. The smallest absolute Gasteiger partial charge is 0.344 e. The highest BCUT2D eigenvalue weighted by atomic mass is 16.6. The molecule has 0 radical (unpaired) electrons. The van der Waals surface area contributed by atoms with E-state index in [0.717, 1.165) is 0 Å². The number of hydrogen-bond acceptors (Lipinski definition) is 6. The molecule has 0 saturated heterocycles. The monoisotopic (exact) mass is 306 g/mol. The fourth-order valence-electron chi connectivity index (χ4n) is 1.87. The molecule has 0 spiro atoms. The van der Waals surface area contributed by atoms with Gasteiger partial charge in [0.25, 0.3) is 0 Å². The van der Waals surface area contributed by atoms with Crippen LogP contribution in [0.15, 0.2) is 33.5 Å². The van der Waals surface area contributed by atoms with Gasteiger partial charge in [0.05, 0.1) is 5.39 Å². The number of aliphatic hydroxyl groups is 1. The average molecular weight is 306 g/mol. The van der Waals surface area contributed by atoms with Crippen molar-refractivity contribution in [2.24, 2.45) is 0 Å². The average Bonchev–Trinajstić information content (AvgIpc) is 2.43. The number of rotatable bonds is 4. The first-order valence-electron chi connectivity index (χ1n) is 6.81. The molecule has 6 nitrogen and oxygen atoms in total. The van der Waals surface area contributed by atoms with Gasteiger partial charge in [0, 0.05) is 6.07 Å². The Kier molecular flexibility index (Phi) is 4.51. The van der Waals surface area contributed by atoms with Gasteiger partial charge < -0.3 is 19.0 Å². The minimum Gasteiger partial charge on any atom is -0.482 e. The van der Waals surface area contributed by atoms with Gasteiger partial charge in [-0.15, -0.1) is 0 Å². The third-order valence-electron chi connectivity index (χ3n) is 2.68. The lowest BCUT2D eigenvalue weighted by Gasteiger charge is -2.19. The van der Waals surface area contributed by atoms with E-state index in [1.807, 2.05) is 0 Å². The Morgan fingerprint density at radius 1 is 1.27 bits per heavy atom. The van der Waals surface area contributed by atoms with E-state index in [2.05, 4.69) is 0 Å². The van der Waals surface area contributed by atoms with E-state index in [4.69, 9.17) is 19.0 Å². The number of ether oxygens (including phenoxy) is 2. The zero-order chi connectivity index (χ0) is 16.3. The van der Waals surface area contributed by atoms with Crippen LogP contribution >= 0.6 is 0 Å². The summed E-state index contributed by atoms with van der Waals surface area (Å²) >= 11 is 0. The Balaban J connectivity index is 2.15. The van der Waals surface area contributed by atoms with Gasteiger partial charge in [-0.3, -0.25) is 4.79 Å². The van der Waals surface area contributed by atoms with Crippen LogP contribution in [0.2, 0.25) is 0 Å². The third kappa shape index (κ3) is 4.08. The fraction of sp³-hybridized carbons (Fsp3) is 0.375. The Bertz CT molecular complexity index is 738. The van der Waals surface area contributed by atoms with E-state index < -0.39 is 11.6 Å². The van der Waals surface area contributed by atoms with Crippen molar-refractivity contribution in [1.29, 1.82) is 0 Å². The number of fused-ring (bicyclic) bond motifs is 1. The standard InChI is InChI=1S/C16H18O6/c1-16(2,3)22-15(19)9-20-10-4-5-14-12(6-10)13(18)7-11(8-17)21-14/h4-7,17H,8-9H2,1-3H3. The molecule has 1 N–H and O–H groups in total. The molecule has 0 aliphatic heterocycles. The van der Waals surface area contributed by atoms with Crippen LogP contribution in [0.1, 0.15) is 26.5 Å². The first-order chi connectivity index (χ1) is 10.3. The number of carbonyl (C=O) groups is 1. The SMILES string of the molecule is CC(C)(C)OC(=O)COc1ccc2oc(CO)cc(=O)c2c1. The minimum atomic E-state index is -0.578. The largest absolute Gasteiger partial charge is 0.482 e. The van der Waals surface area contributed by atoms with E-state index in [1.165, 1.54) is 12.1 Å². The molecule has 0 aliphatic rings. The second-order valence-electron chi connectivity index (χ2n) is 5.77. The van der Waals surface area contributed by atoms with Crippen molar-refractivity contribution in [2.45, 2.75) is 33.0 Å². The topological polar surface area (TPSA) is 86.0 Å². The van der Waals surface area contributed by atoms with Crippen LogP contribution < -0.4 is 10.2 Å². The summed E-state index contributed by atoms with van der Waals surface area (Å²) < 4.78 is 15.8. The predicted octanol–water partition coefficient (Wildman–Crippen LogP) is 2.01. The van der Waals surface area contributed by atoms with Crippen molar-refractivity contribution < 1.29 is 23.8 Å². The van der Waals surface area contributed by atoms with Crippen molar-refractivity contribution >= 4 is 16.9 Å². The summed E-state index contributed by atoms with van der Waals surface area (Å²) in [6, 6.07) is 5.85. The summed E-state index contributed by atoms with van der Waals surface area (Å²) in [5.74, 6) is 0.0672. The van der Waals surface area contributed by atoms with Crippen molar-refractivity contribution in [3.8, 4) is 5.75 Å². The normalized spacial score (nSPS) is 11.5. The molecular formula is C16H18O6. The van der Waals surface area contributed by atoms with Crippen LogP contribution in [0.25, 0.3) is 11.0 Å². The van der Waals surface area contributed by atoms with Gasteiger partial charge in [-0.25, -0.2) is 4.79 Å². The van der Waals surface area contributed by atoms with E-state index >= 15 is 0 Å². The van der Waals surface area contributed by atoms with Crippen LogP contribution in [-0.2, 0) is 16.1 Å². The summed E-state index contributed by atoms with van der Waals surface area (Å²) in [6.07, 6.45) is 0. The molecule has 118 valence electrons. The molecule has 0 atom stereocenters. The van der Waals surface area contributed by atoms with E-state index in [1.54, 1.807) is 32.9 Å². The third-order valence-corrected chi connectivity index (χ3v) is 2.68. The lowest BCUT2D eigenvalue weighted by molar-refractivity contribution is -0.157. The van der Waals surface area contributed by atoms with Gasteiger partial charge in [0.2, 0.25) is 0 Å². The summed E-state index contributed by atoms with van der Waals surface area (Å²) in [5.41, 5.74) is -0.514. The van der Waals surface area contributed by atoms with Crippen molar-refractivity contribution in [3.05, 3.63) is 40.2 Å². The Morgan fingerprint density at radius 2 is 2.00 bits per heavy atom. The lowest BCUT2D eigenvalue weighted by Crippen LogP contribution is -2.27. The van der Waals surface area contributed by atoms with Gasteiger partial charge in [-0.05, 0) is 39.0 Å². The first kappa shape index (κ1) is 16.0. The molecule has 1 aromatic heterocycles. The number of benzene rings is 1. The molecule has 6 heteroatoms. The molecule has 0 fully saturated rings. The fourth-order valence-corrected chi connectivity index (χ4v) is 1.87. The summed E-state index contributed by atoms with van der Waals surface area (Å²) in [5, 5.41) is 9.32. The second-order valence-corrected chi connectivity index (χ2v) is 5.77. The molecule has 0 bridgehead atoms. The van der Waals surface area contributed by atoms with Crippen molar-refractivity contribution in [1.82, 2.24) is 0 Å². The van der Waals surface area contributed by atoms with Crippen molar-refractivity contribution in [3.63, 3.8) is 0 Å². The Labute approximate surface area is 127 Å². The Hall–Kier alpha value is -2.34. The first-order valence-corrected chi connectivity index (χ1v) is 6.81. The highest BCUT2D eigenvalue weighted by Crippen LogP contribution is 2.19. The zero-order valence-corrected chi connectivity index (χ0v) is 12.7. The van der Waals surface area contributed by atoms with Gasteiger partial charge in [0.1, 0.15) is 29.3 Å². The van der Waals surface area contributed by atoms with Gasteiger partial charge in [-0.1, -0.05) is 0 Å². The summed E-state index contributed by atoms with van der Waals surface area (Å²) in [7, 11) is 0. The molecular weight excluding hydrogens is 288 g/mol. The van der Waals surface area contributed by atoms with Gasteiger partial charge >= 0.3 is 5.97 Å². The molecule has 1 heterocycles. The molecule has 0 amide bonds. The van der Waals surface area contributed by atoms with E-state index in [9.17, 15) is 9.59 Å². The second kappa shape index (κ2) is 6.19. The van der Waals surface area contributed by atoms with Gasteiger partial charge in [0.15, 0.2) is 12.0 Å². The minimum absolute atomic E-state index is 0.194. The molecule has 2 aromatic rings. The lowest BCUT2D eigenvalue weighted by atomic mass is 10.2. The van der Waals surface area contributed by atoms with Crippen LogP contribution in [0, 0.1) is 0 Å². The number of aliphatic hydroxyl groups excluding tert-OH is 1. The quantitative estimate of drug-likeness (QED) is 0.870. The van der Waals surface area contributed by atoms with Crippen LogP contribution in [0.4, 0.5) is 0 Å². The van der Waals surface area contributed by atoms with Crippen LogP contribution in [-0.4, -0.2) is 23.3 Å². The van der Waals surface area contributed by atoms with E-state index in [0.29, 0.717) is 16.7 Å². The highest BCUT2D eigenvalue weighted by Gasteiger charge is 2.16. The molecule has 22 heavy (non-hydrogen) atoms. The van der Waals surface area contributed by atoms with Crippen LogP contribution in [0.5, 0.6) is 5.75 Å². The molecule has 2 rings (SSSR count). The van der Waals surface area contributed by atoms with E-state index in [-0.39, 0.29) is 24.4 Å².